The van der Waals surface area contributed by atoms with Gasteiger partial charge < -0.3 is 25.6 Å². The molecule has 9 atom stereocenters. The number of hydrogen-bond donors (Lipinski definition) is 3. The minimum absolute atomic E-state index is 0.0183. The summed E-state index contributed by atoms with van der Waals surface area (Å²) in [6.07, 6.45) is 5.59. The average Bonchev–Trinajstić information content (AvgIpc) is 3.42. The van der Waals surface area contributed by atoms with Gasteiger partial charge in [-0.1, -0.05) is 84.4 Å². The number of carbonyl (C=O) groups excluding carboxylic acids is 4. The zero-order valence-electron chi connectivity index (χ0n) is 35.2. The fourth-order valence-corrected chi connectivity index (χ4v) is 13.5. The minimum atomic E-state index is -1.20. The first-order valence-corrected chi connectivity index (χ1v) is 21.0. The predicted octanol–water partition coefficient (Wildman–Crippen LogP) is 7.25. The number of amides is 2. The zero-order valence-corrected chi connectivity index (χ0v) is 35.2. The minimum Gasteiger partial charge on any atom is -0.481 e. The van der Waals surface area contributed by atoms with E-state index in [1.165, 1.54) is 4.90 Å². The highest BCUT2D eigenvalue weighted by Gasteiger charge is 2.71. The maximum atomic E-state index is 14.2. The lowest BCUT2D eigenvalue weighted by molar-refractivity contribution is -0.235. The van der Waals surface area contributed by atoms with Crippen LogP contribution in [-0.2, 0) is 35.3 Å². The Morgan fingerprint density at radius 1 is 0.911 bits per heavy atom. The highest BCUT2D eigenvalue weighted by atomic mass is 16.5. The summed E-state index contributed by atoms with van der Waals surface area (Å²) >= 11 is 0. The summed E-state index contributed by atoms with van der Waals surface area (Å²) in [6.45, 7) is 19.1. The van der Waals surface area contributed by atoms with Crippen LogP contribution in [0.1, 0.15) is 132 Å². The molecule has 4 N–H and O–H groups in total. The Hall–Kier alpha value is -3.53. The van der Waals surface area contributed by atoms with Gasteiger partial charge in [0.2, 0.25) is 0 Å². The van der Waals surface area contributed by atoms with Gasteiger partial charge in [-0.05, 0) is 116 Å². The van der Waals surface area contributed by atoms with Crippen LogP contribution in [0.4, 0.5) is 0 Å². The second-order valence-electron chi connectivity index (χ2n) is 20.6. The van der Waals surface area contributed by atoms with Crippen molar-refractivity contribution in [1.29, 1.82) is 0 Å². The highest BCUT2D eigenvalue weighted by Crippen LogP contribution is 2.77. The quantitative estimate of drug-likeness (QED) is 0.165. The lowest BCUT2D eigenvalue weighted by Crippen LogP contribution is -2.66. The number of allylic oxidation sites excluding steroid dienone is 1. The van der Waals surface area contributed by atoms with E-state index in [2.05, 4.69) is 48.5 Å². The molecular weight excluding hydrogens is 709 g/mol. The number of hydrogen-bond acceptors (Lipinski definition) is 7. The van der Waals surface area contributed by atoms with Crippen LogP contribution in [0.2, 0.25) is 0 Å². The number of nitrogens with two attached hydrogens (primary N) is 1. The average molecular weight is 775 g/mol. The summed E-state index contributed by atoms with van der Waals surface area (Å²) < 4.78 is 6.15. The highest BCUT2D eigenvalue weighted by molar-refractivity contribution is 6.34. The number of esters is 1. The monoisotopic (exact) mass is 774 g/mol. The van der Waals surface area contributed by atoms with E-state index in [0.29, 0.717) is 18.3 Å². The van der Waals surface area contributed by atoms with Gasteiger partial charge in [-0.3, -0.25) is 24.0 Å². The standard InChI is InChI=1S/C46H66N2O8/c1-27(2)36-30(49)23-46(33(50)26-48(39(53)38(47)52)25-28-13-11-10-12-14-28)22-21-44(8)29(37(36)46)15-16-32-43(7)19-18-34(56-35(51)24-41(3,4)40(54)55)42(5,6)31(43)17-20-45(32,44)9/h10-14,27,29,31-34,50H,15-26H2,1-9H3,(H2,47,52)(H,54,55). The molecule has 0 spiro atoms. The SMILES string of the molecule is CC(C)C1=C2C3CCC4C5(C)CCC(OC(=O)CC(C)(C)C(=O)O)C(C)(C)C5CCC4(C)C3(C)CCC2(C(O)CN(Cc2ccccc2)C(=O)C(N)=O)CC1=O. The van der Waals surface area contributed by atoms with Crippen LogP contribution < -0.4 is 5.73 Å². The summed E-state index contributed by atoms with van der Waals surface area (Å²) in [5, 5.41) is 22.1. The maximum Gasteiger partial charge on any atom is 0.312 e. The number of primary amides is 1. The fourth-order valence-electron chi connectivity index (χ4n) is 13.5. The molecule has 4 saturated carbocycles. The Bertz CT molecular complexity index is 1800. The van der Waals surface area contributed by atoms with Crippen LogP contribution in [0.5, 0.6) is 0 Å². The molecule has 1 aromatic rings. The van der Waals surface area contributed by atoms with E-state index >= 15 is 0 Å². The van der Waals surface area contributed by atoms with E-state index in [1.54, 1.807) is 13.8 Å². The molecule has 10 nitrogen and oxygen atoms in total. The van der Waals surface area contributed by atoms with Crippen LogP contribution in [0.3, 0.4) is 0 Å². The zero-order chi connectivity index (χ0) is 41.4. The van der Waals surface area contributed by atoms with Crippen LogP contribution in [0.15, 0.2) is 41.5 Å². The van der Waals surface area contributed by atoms with Gasteiger partial charge >= 0.3 is 23.8 Å². The number of aliphatic hydroxyl groups is 1. The second-order valence-corrected chi connectivity index (χ2v) is 20.6. The van der Waals surface area contributed by atoms with E-state index < -0.39 is 40.7 Å². The summed E-state index contributed by atoms with van der Waals surface area (Å²) in [5.41, 5.74) is 5.71. The van der Waals surface area contributed by atoms with Crippen molar-refractivity contribution in [2.24, 2.45) is 61.9 Å². The maximum absolute atomic E-state index is 14.2. The molecule has 56 heavy (non-hydrogen) atoms. The molecule has 1 aromatic carbocycles. The Morgan fingerprint density at radius 2 is 1.57 bits per heavy atom. The molecule has 308 valence electrons. The van der Waals surface area contributed by atoms with Gasteiger partial charge in [0.25, 0.3) is 0 Å². The van der Waals surface area contributed by atoms with E-state index in [9.17, 15) is 34.2 Å². The second kappa shape index (κ2) is 14.4. The summed E-state index contributed by atoms with van der Waals surface area (Å²) in [4.78, 5) is 65.9. The van der Waals surface area contributed by atoms with E-state index in [-0.39, 0.29) is 71.3 Å². The molecule has 6 rings (SSSR count). The van der Waals surface area contributed by atoms with E-state index in [4.69, 9.17) is 10.5 Å². The lowest BCUT2D eigenvalue weighted by atomic mass is 9.33. The smallest absolute Gasteiger partial charge is 0.312 e. The van der Waals surface area contributed by atoms with Gasteiger partial charge in [0.05, 0.1) is 17.9 Å². The van der Waals surface area contributed by atoms with Crippen molar-refractivity contribution in [2.75, 3.05) is 6.54 Å². The van der Waals surface area contributed by atoms with Crippen molar-refractivity contribution in [3.05, 3.63) is 47.0 Å². The Kier molecular flexibility index (Phi) is 10.8. The number of fused-ring (bicyclic) bond motifs is 7. The van der Waals surface area contributed by atoms with Crippen LogP contribution in [-0.4, -0.2) is 63.4 Å². The number of carboxylic acids is 1. The van der Waals surface area contributed by atoms with Gasteiger partial charge in [0.15, 0.2) is 5.78 Å². The molecule has 0 aliphatic heterocycles. The van der Waals surface area contributed by atoms with Crippen molar-refractivity contribution in [2.45, 2.75) is 145 Å². The van der Waals surface area contributed by atoms with E-state index in [1.807, 2.05) is 30.3 Å². The Balaban J connectivity index is 1.30. The summed E-state index contributed by atoms with van der Waals surface area (Å²) in [5.74, 6) is -2.57. The number of ether oxygens (including phenoxy) is 1. The van der Waals surface area contributed by atoms with E-state index in [0.717, 1.165) is 61.7 Å². The van der Waals surface area contributed by atoms with Crippen molar-refractivity contribution < 1.29 is 38.9 Å². The number of aliphatic hydroxyl groups excluding tert-OH is 1. The molecule has 0 radical (unpaired) electrons. The van der Waals surface area contributed by atoms with Gasteiger partial charge in [0.1, 0.15) is 6.10 Å². The van der Waals surface area contributed by atoms with Gasteiger partial charge in [-0.25, -0.2) is 0 Å². The predicted molar refractivity (Wildman–Crippen MR) is 212 cm³/mol. The molecule has 0 heterocycles. The molecule has 10 heteroatoms. The number of ketones is 1. The van der Waals surface area contributed by atoms with Crippen LogP contribution >= 0.6 is 0 Å². The molecule has 0 aromatic heterocycles. The molecule has 5 aliphatic rings. The van der Waals surface area contributed by atoms with Crippen molar-refractivity contribution >= 4 is 29.5 Å². The van der Waals surface area contributed by atoms with Crippen LogP contribution in [0, 0.1) is 56.2 Å². The number of Topliss-reactive ketones (excluding diaryl/α,β-unsaturated/α-hetero) is 1. The number of nitrogens with zero attached hydrogens (tertiary/aromatic N) is 1. The third kappa shape index (κ3) is 6.54. The third-order valence-corrected chi connectivity index (χ3v) is 16.6. The molecular formula is C46H66N2O8. The number of carboxylic acid groups (broad SMARTS) is 1. The van der Waals surface area contributed by atoms with Gasteiger partial charge in [-0.2, -0.15) is 0 Å². The van der Waals surface area contributed by atoms with Crippen molar-refractivity contribution in [3.63, 3.8) is 0 Å². The Morgan fingerprint density at radius 3 is 2.18 bits per heavy atom. The van der Waals surface area contributed by atoms with Gasteiger partial charge in [-0.15, -0.1) is 0 Å². The molecule has 0 bridgehead atoms. The third-order valence-electron chi connectivity index (χ3n) is 16.6. The fraction of sp³-hybridized carbons (Fsp3) is 0.717. The normalized spacial score (nSPS) is 35.4. The summed E-state index contributed by atoms with van der Waals surface area (Å²) in [6, 6.07) is 9.35. The van der Waals surface area contributed by atoms with Crippen molar-refractivity contribution in [1.82, 2.24) is 4.90 Å². The summed E-state index contributed by atoms with van der Waals surface area (Å²) in [7, 11) is 0. The molecule has 2 amide bonds. The first-order chi connectivity index (χ1) is 26.0. The van der Waals surface area contributed by atoms with Crippen LogP contribution in [0.25, 0.3) is 0 Å². The topological polar surface area (TPSA) is 164 Å². The van der Waals surface area contributed by atoms with Gasteiger partial charge in [0, 0.05) is 30.3 Å². The number of rotatable bonds is 10. The Labute approximate surface area is 333 Å². The first kappa shape index (κ1) is 42.1. The number of aliphatic carboxylic acids is 1. The molecule has 5 aliphatic carbocycles. The molecule has 4 fully saturated rings. The number of benzene rings is 1. The lowest BCUT2D eigenvalue weighted by Gasteiger charge is -2.72. The van der Waals surface area contributed by atoms with Crippen molar-refractivity contribution in [3.8, 4) is 0 Å². The first-order valence-electron chi connectivity index (χ1n) is 21.0. The molecule has 9 unspecified atom stereocenters. The molecule has 0 saturated heterocycles. The largest absolute Gasteiger partial charge is 0.481 e. The number of carbonyl (C=O) groups is 5.